The van der Waals surface area contributed by atoms with E-state index in [2.05, 4.69) is 25.5 Å². The number of hydrogen-bond acceptors (Lipinski definition) is 5. The Morgan fingerprint density at radius 2 is 2.00 bits per heavy atom. The van der Waals surface area contributed by atoms with Gasteiger partial charge in [0.25, 0.3) is 0 Å². The van der Waals surface area contributed by atoms with Gasteiger partial charge in [0.15, 0.2) is 0 Å². The van der Waals surface area contributed by atoms with Crippen molar-refractivity contribution in [2.75, 3.05) is 12.4 Å². The molecule has 0 aliphatic carbocycles. The summed E-state index contributed by atoms with van der Waals surface area (Å²) in [5.74, 6) is 0.832. The monoisotopic (exact) mass is 267 g/mol. The summed E-state index contributed by atoms with van der Waals surface area (Å²) in [6.07, 6.45) is 3.37. The molecule has 0 saturated carbocycles. The van der Waals surface area contributed by atoms with Gasteiger partial charge in [0.2, 0.25) is 0 Å². The van der Waals surface area contributed by atoms with E-state index in [1.165, 1.54) is 0 Å². The van der Waals surface area contributed by atoms with E-state index in [0.29, 0.717) is 17.1 Å². The first kappa shape index (κ1) is 12.2. The molecule has 0 atom stereocenters. The van der Waals surface area contributed by atoms with Crippen LogP contribution in [0.5, 0.6) is 5.75 Å². The topological polar surface area (TPSA) is 86.7 Å². The summed E-state index contributed by atoms with van der Waals surface area (Å²) < 4.78 is 0. The van der Waals surface area contributed by atoms with Gasteiger partial charge in [-0.15, -0.1) is 10.2 Å². The third-order valence-corrected chi connectivity index (χ3v) is 2.99. The van der Waals surface area contributed by atoms with E-state index in [1.807, 2.05) is 24.3 Å². The predicted molar refractivity (Wildman–Crippen MR) is 76.3 cm³/mol. The number of imidazole rings is 1. The van der Waals surface area contributed by atoms with Crippen molar-refractivity contribution in [1.29, 1.82) is 0 Å². The summed E-state index contributed by atoms with van der Waals surface area (Å²) >= 11 is 0. The Balaban J connectivity index is 1.98. The third kappa shape index (κ3) is 2.18. The lowest BCUT2D eigenvalue weighted by Crippen LogP contribution is -1.95. The molecule has 0 aliphatic heterocycles. The van der Waals surface area contributed by atoms with E-state index in [4.69, 9.17) is 0 Å². The lowest BCUT2D eigenvalue weighted by molar-refractivity contribution is 0.477. The highest BCUT2D eigenvalue weighted by Crippen LogP contribution is 2.31. The van der Waals surface area contributed by atoms with Crippen molar-refractivity contribution in [1.82, 2.24) is 20.2 Å². The van der Waals surface area contributed by atoms with Crippen molar-refractivity contribution < 1.29 is 5.11 Å². The van der Waals surface area contributed by atoms with Gasteiger partial charge >= 0.3 is 0 Å². The number of nitrogens with one attached hydrogen (secondary N) is 2. The third-order valence-electron chi connectivity index (χ3n) is 2.99. The molecule has 6 nitrogen and oxygen atoms in total. The number of anilines is 1. The molecule has 2 heterocycles. The van der Waals surface area contributed by atoms with E-state index in [9.17, 15) is 5.11 Å². The van der Waals surface area contributed by atoms with E-state index in [1.54, 1.807) is 25.6 Å². The van der Waals surface area contributed by atoms with Crippen LogP contribution in [-0.2, 0) is 0 Å². The quantitative estimate of drug-likeness (QED) is 0.677. The normalized spacial score (nSPS) is 10.4. The van der Waals surface area contributed by atoms with Crippen LogP contribution in [0.15, 0.2) is 42.9 Å². The van der Waals surface area contributed by atoms with Gasteiger partial charge in [-0.3, -0.25) is 0 Å². The Bertz CT molecular complexity index is 707. The maximum atomic E-state index is 10.1. The second-order valence-corrected chi connectivity index (χ2v) is 4.24. The molecular formula is C14H13N5O. The summed E-state index contributed by atoms with van der Waals surface area (Å²) in [4.78, 5) is 7.03. The molecule has 0 unspecified atom stereocenters. The fourth-order valence-corrected chi connectivity index (χ4v) is 1.93. The SMILES string of the molecule is CNc1ccc(-c2ccc(-c3c[nH]cn3)cc2O)nn1. The first-order valence-corrected chi connectivity index (χ1v) is 6.12. The second kappa shape index (κ2) is 5.00. The molecule has 1 aromatic carbocycles. The number of aromatic amines is 1. The molecule has 0 fully saturated rings. The van der Waals surface area contributed by atoms with Crippen LogP contribution < -0.4 is 5.32 Å². The highest BCUT2D eigenvalue weighted by atomic mass is 16.3. The van der Waals surface area contributed by atoms with Crippen LogP contribution in [0.1, 0.15) is 0 Å². The highest BCUT2D eigenvalue weighted by molar-refractivity contribution is 5.72. The molecule has 3 N–H and O–H groups in total. The van der Waals surface area contributed by atoms with Crippen LogP contribution >= 0.6 is 0 Å². The van der Waals surface area contributed by atoms with Crippen LogP contribution in [0.2, 0.25) is 0 Å². The number of phenolic OH excluding ortho intramolecular Hbond substituents is 1. The van der Waals surface area contributed by atoms with Crippen LogP contribution in [0.4, 0.5) is 5.82 Å². The number of aromatic hydroxyl groups is 1. The smallest absolute Gasteiger partial charge is 0.148 e. The number of rotatable bonds is 3. The Morgan fingerprint density at radius 1 is 1.10 bits per heavy atom. The molecule has 100 valence electrons. The van der Waals surface area contributed by atoms with Crippen molar-refractivity contribution >= 4 is 5.82 Å². The van der Waals surface area contributed by atoms with Crippen molar-refractivity contribution in [3.8, 4) is 28.3 Å². The minimum absolute atomic E-state index is 0.150. The summed E-state index contributed by atoms with van der Waals surface area (Å²) in [5, 5.41) is 21.1. The van der Waals surface area contributed by atoms with Crippen molar-refractivity contribution in [3.05, 3.63) is 42.9 Å². The lowest BCUT2D eigenvalue weighted by Gasteiger charge is -2.06. The molecule has 0 amide bonds. The van der Waals surface area contributed by atoms with Crippen LogP contribution in [0.25, 0.3) is 22.5 Å². The molecule has 0 spiro atoms. The number of nitrogens with zero attached hydrogens (tertiary/aromatic N) is 3. The zero-order valence-electron chi connectivity index (χ0n) is 10.8. The summed E-state index contributed by atoms with van der Waals surface area (Å²) in [5.41, 5.74) is 2.88. The van der Waals surface area contributed by atoms with E-state index < -0.39 is 0 Å². The maximum absolute atomic E-state index is 10.1. The fourth-order valence-electron chi connectivity index (χ4n) is 1.93. The van der Waals surface area contributed by atoms with E-state index >= 15 is 0 Å². The first-order chi connectivity index (χ1) is 9.78. The predicted octanol–water partition coefficient (Wildman–Crippen LogP) is 2.28. The Labute approximate surface area is 115 Å². The van der Waals surface area contributed by atoms with Gasteiger partial charge in [0.1, 0.15) is 11.6 Å². The van der Waals surface area contributed by atoms with Gasteiger partial charge in [-0.05, 0) is 24.3 Å². The molecule has 2 aromatic heterocycles. The van der Waals surface area contributed by atoms with Gasteiger partial charge in [0.05, 0.1) is 17.7 Å². The number of benzene rings is 1. The van der Waals surface area contributed by atoms with Crippen molar-refractivity contribution in [3.63, 3.8) is 0 Å². The average Bonchev–Trinajstić information content (AvgIpc) is 3.01. The molecule has 0 aliphatic rings. The van der Waals surface area contributed by atoms with Crippen LogP contribution in [-0.4, -0.2) is 32.3 Å². The van der Waals surface area contributed by atoms with Gasteiger partial charge in [-0.25, -0.2) is 4.98 Å². The number of aromatic nitrogens is 4. The van der Waals surface area contributed by atoms with E-state index in [-0.39, 0.29) is 5.75 Å². The van der Waals surface area contributed by atoms with Gasteiger partial charge < -0.3 is 15.4 Å². The summed E-state index contributed by atoms with van der Waals surface area (Å²) in [6, 6.07) is 8.98. The molecule has 20 heavy (non-hydrogen) atoms. The summed E-state index contributed by atoms with van der Waals surface area (Å²) in [7, 11) is 1.78. The molecule has 0 saturated heterocycles. The molecule has 6 heteroatoms. The molecule has 0 bridgehead atoms. The number of H-pyrrole nitrogens is 1. The minimum Gasteiger partial charge on any atom is -0.507 e. The van der Waals surface area contributed by atoms with Crippen LogP contribution in [0.3, 0.4) is 0 Å². The van der Waals surface area contributed by atoms with Crippen LogP contribution in [0, 0.1) is 0 Å². The molecular weight excluding hydrogens is 254 g/mol. The maximum Gasteiger partial charge on any atom is 0.148 e. The first-order valence-electron chi connectivity index (χ1n) is 6.12. The van der Waals surface area contributed by atoms with E-state index in [0.717, 1.165) is 11.3 Å². The zero-order valence-corrected chi connectivity index (χ0v) is 10.8. The number of hydrogen-bond donors (Lipinski definition) is 3. The Kier molecular flexibility index (Phi) is 3.04. The minimum atomic E-state index is 0.150. The van der Waals surface area contributed by atoms with Crippen molar-refractivity contribution in [2.24, 2.45) is 0 Å². The Morgan fingerprint density at radius 3 is 2.60 bits per heavy atom. The highest BCUT2D eigenvalue weighted by Gasteiger charge is 2.09. The summed E-state index contributed by atoms with van der Waals surface area (Å²) in [6.45, 7) is 0. The van der Waals surface area contributed by atoms with Gasteiger partial charge in [-0.1, -0.05) is 6.07 Å². The second-order valence-electron chi connectivity index (χ2n) is 4.24. The molecule has 3 aromatic rings. The lowest BCUT2D eigenvalue weighted by atomic mass is 10.1. The molecule has 0 radical (unpaired) electrons. The van der Waals surface area contributed by atoms with Crippen molar-refractivity contribution in [2.45, 2.75) is 0 Å². The fraction of sp³-hybridized carbons (Fsp3) is 0.0714. The Hall–Kier alpha value is -2.89. The standard InChI is InChI=1S/C14H13N5O/c1-15-14-5-4-11(18-19-14)10-3-2-9(6-13(10)20)12-7-16-8-17-12/h2-8,20H,1H3,(H,15,19)(H,16,17). The van der Waals surface area contributed by atoms with Gasteiger partial charge in [-0.2, -0.15) is 0 Å². The molecule has 3 rings (SSSR count). The zero-order chi connectivity index (χ0) is 13.9. The number of phenols is 1. The van der Waals surface area contributed by atoms with Gasteiger partial charge in [0, 0.05) is 24.4 Å². The average molecular weight is 267 g/mol. The largest absolute Gasteiger partial charge is 0.507 e.